The molecule has 1 aromatic rings. The Balaban J connectivity index is 1.73. The molecule has 1 fully saturated rings. The van der Waals surface area contributed by atoms with Gasteiger partial charge in [0, 0.05) is 19.2 Å². The monoisotopic (exact) mass is 322 g/mol. The summed E-state index contributed by atoms with van der Waals surface area (Å²) < 4.78 is 11.3. The molecule has 1 aliphatic heterocycles. The Bertz CT molecular complexity index is 525. The zero-order chi connectivity index (χ0) is 16.8. The first-order valence-electron chi connectivity index (χ1n) is 8.21. The Kier molecular flexibility index (Phi) is 6.36. The molecule has 6 heteroatoms. The van der Waals surface area contributed by atoms with Crippen molar-refractivity contribution in [2.45, 2.75) is 45.8 Å². The van der Waals surface area contributed by atoms with Gasteiger partial charge in [-0.05, 0) is 51.8 Å². The maximum atomic E-state index is 11.0. The molecule has 128 valence electrons. The molecule has 2 atom stereocenters. The van der Waals surface area contributed by atoms with Crippen LogP contribution in [0.3, 0.4) is 0 Å². The number of unbranched alkanes of at least 4 members (excludes halogenated alkanes) is 1. The van der Waals surface area contributed by atoms with E-state index in [2.05, 4.69) is 18.7 Å². The van der Waals surface area contributed by atoms with Gasteiger partial charge in [0.1, 0.15) is 0 Å². The summed E-state index contributed by atoms with van der Waals surface area (Å²) in [6, 6.07) is 5.06. The molecule has 1 heterocycles. The third-order valence-electron chi connectivity index (χ3n) is 3.93. The summed E-state index contributed by atoms with van der Waals surface area (Å²) in [5, 5.41) is 11.0. The van der Waals surface area contributed by atoms with Gasteiger partial charge in [-0.15, -0.1) is 0 Å². The minimum absolute atomic E-state index is 0.0424. The van der Waals surface area contributed by atoms with Crippen LogP contribution < -0.4 is 4.74 Å². The third kappa shape index (κ3) is 5.48. The van der Waals surface area contributed by atoms with E-state index in [0.717, 1.165) is 38.0 Å². The quantitative estimate of drug-likeness (QED) is 0.438. The fraction of sp³-hybridized carbons (Fsp3) is 0.647. The number of benzene rings is 1. The number of aryl methyl sites for hydroxylation is 1. The van der Waals surface area contributed by atoms with Crippen LogP contribution in [0.15, 0.2) is 18.2 Å². The average Bonchev–Trinajstić information content (AvgIpc) is 2.47. The van der Waals surface area contributed by atoms with Crippen molar-refractivity contribution < 1.29 is 14.4 Å². The Morgan fingerprint density at radius 2 is 2.00 bits per heavy atom. The molecule has 1 aliphatic rings. The second-order valence-electron chi connectivity index (χ2n) is 6.30. The lowest BCUT2D eigenvalue weighted by Crippen LogP contribution is -2.45. The number of nitro benzene ring substituents is 1. The van der Waals surface area contributed by atoms with Crippen molar-refractivity contribution in [1.82, 2.24) is 4.90 Å². The molecule has 0 N–H and O–H groups in total. The van der Waals surface area contributed by atoms with Gasteiger partial charge in [-0.2, -0.15) is 0 Å². The number of nitro groups is 1. The van der Waals surface area contributed by atoms with Crippen LogP contribution in [0, 0.1) is 17.0 Å². The van der Waals surface area contributed by atoms with Crippen LogP contribution in [0.4, 0.5) is 5.69 Å². The van der Waals surface area contributed by atoms with Crippen LogP contribution in [0.25, 0.3) is 0 Å². The Morgan fingerprint density at radius 3 is 2.65 bits per heavy atom. The smallest absolute Gasteiger partial charge is 0.311 e. The Hall–Kier alpha value is -1.66. The molecule has 0 unspecified atom stereocenters. The van der Waals surface area contributed by atoms with Crippen molar-refractivity contribution in [2.75, 3.05) is 26.2 Å². The van der Waals surface area contributed by atoms with Crippen LogP contribution in [0.5, 0.6) is 5.75 Å². The van der Waals surface area contributed by atoms with E-state index in [1.807, 2.05) is 13.0 Å². The Morgan fingerprint density at radius 1 is 1.30 bits per heavy atom. The van der Waals surface area contributed by atoms with Gasteiger partial charge in [0.25, 0.3) is 0 Å². The highest BCUT2D eigenvalue weighted by atomic mass is 16.6. The van der Waals surface area contributed by atoms with Gasteiger partial charge in [-0.1, -0.05) is 6.07 Å². The van der Waals surface area contributed by atoms with Crippen molar-refractivity contribution in [1.29, 1.82) is 0 Å². The molecule has 2 rings (SSSR count). The topological polar surface area (TPSA) is 64.8 Å². The summed E-state index contributed by atoms with van der Waals surface area (Å²) in [4.78, 5) is 13.1. The van der Waals surface area contributed by atoms with E-state index in [1.54, 1.807) is 12.1 Å². The lowest BCUT2D eigenvalue weighted by atomic mass is 10.2. The van der Waals surface area contributed by atoms with E-state index in [0.29, 0.717) is 12.4 Å². The molecule has 0 saturated carbocycles. The van der Waals surface area contributed by atoms with Crippen LogP contribution in [-0.2, 0) is 4.74 Å². The van der Waals surface area contributed by atoms with Gasteiger partial charge in [-0.3, -0.25) is 15.0 Å². The largest absolute Gasteiger partial charge is 0.487 e. The summed E-state index contributed by atoms with van der Waals surface area (Å²) >= 11 is 0. The molecule has 0 bridgehead atoms. The van der Waals surface area contributed by atoms with Gasteiger partial charge in [0.2, 0.25) is 0 Å². The highest BCUT2D eigenvalue weighted by Crippen LogP contribution is 2.27. The fourth-order valence-corrected chi connectivity index (χ4v) is 2.98. The first-order chi connectivity index (χ1) is 11.0. The summed E-state index contributed by atoms with van der Waals surface area (Å²) in [5.74, 6) is 0.356. The first kappa shape index (κ1) is 17.7. The SMILES string of the molecule is Cc1ccc(OCCCCN2C[C@H](C)O[C@@H](C)C2)c([N+](=O)[O-])c1. The number of nitrogens with zero attached hydrogens (tertiary/aromatic N) is 2. The lowest BCUT2D eigenvalue weighted by molar-refractivity contribution is -0.385. The molecule has 1 saturated heterocycles. The molecule has 1 aromatic carbocycles. The highest BCUT2D eigenvalue weighted by molar-refractivity contribution is 5.48. The van der Waals surface area contributed by atoms with E-state index < -0.39 is 4.92 Å². The fourth-order valence-electron chi connectivity index (χ4n) is 2.98. The van der Waals surface area contributed by atoms with E-state index >= 15 is 0 Å². The minimum atomic E-state index is -0.390. The number of morpholine rings is 1. The molecule has 0 aromatic heterocycles. The second kappa shape index (κ2) is 8.26. The second-order valence-corrected chi connectivity index (χ2v) is 6.30. The van der Waals surface area contributed by atoms with E-state index in [1.165, 1.54) is 0 Å². The van der Waals surface area contributed by atoms with E-state index in [4.69, 9.17) is 9.47 Å². The van der Waals surface area contributed by atoms with E-state index in [-0.39, 0.29) is 17.9 Å². The average molecular weight is 322 g/mol. The zero-order valence-corrected chi connectivity index (χ0v) is 14.2. The molecular formula is C17H26N2O4. The summed E-state index contributed by atoms with van der Waals surface area (Å²) in [6.45, 7) is 9.48. The van der Waals surface area contributed by atoms with Gasteiger partial charge >= 0.3 is 5.69 Å². The van der Waals surface area contributed by atoms with Crippen LogP contribution >= 0.6 is 0 Å². The van der Waals surface area contributed by atoms with Crippen molar-refractivity contribution in [3.05, 3.63) is 33.9 Å². The minimum Gasteiger partial charge on any atom is -0.487 e. The molecule has 23 heavy (non-hydrogen) atoms. The molecule has 0 aliphatic carbocycles. The summed E-state index contributed by atoms with van der Waals surface area (Å²) in [5.41, 5.74) is 0.903. The van der Waals surface area contributed by atoms with E-state index in [9.17, 15) is 10.1 Å². The first-order valence-corrected chi connectivity index (χ1v) is 8.21. The zero-order valence-electron chi connectivity index (χ0n) is 14.2. The predicted molar refractivity (Wildman–Crippen MR) is 89.0 cm³/mol. The summed E-state index contributed by atoms with van der Waals surface area (Å²) in [7, 11) is 0. The number of hydrogen-bond donors (Lipinski definition) is 0. The lowest BCUT2D eigenvalue weighted by Gasteiger charge is -2.35. The maximum absolute atomic E-state index is 11.0. The number of hydrogen-bond acceptors (Lipinski definition) is 5. The van der Waals surface area contributed by atoms with Crippen LogP contribution in [-0.4, -0.2) is 48.3 Å². The standard InChI is InChI=1S/C17H26N2O4/c1-13-6-7-17(16(10-13)19(20)21)22-9-5-4-8-18-11-14(2)23-15(3)12-18/h6-7,10,14-15H,4-5,8-9,11-12H2,1-3H3/t14-,15-/m0/s1. The summed E-state index contributed by atoms with van der Waals surface area (Å²) in [6.07, 6.45) is 2.46. The van der Waals surface area contributed by atoms with Gasteiger partial charge in [-0.25, -0.2) is 0 Å². The maximum Gasteiger partial charge on any atom is 0.311 e. The van der Waals surface area contributed by atoms with Crippen molar-refractivity contribution in [2.24, 2.45) is 0 Å². The molecule has 0 radical (unpaired) electrons. The molecule has 6 nitrogen and oxygen atoms in total. The Labute approximate surface area is 137 Å². The molecule has 0 spiro atoms. The van der Waals surface area contributed by atoms with Crippen molar-refractivity contribution >= 4 is 5.69 Å². The predicted octanol–water partition coefficient (Wildman–Crippen LogP) is 3.17. The normalized spacial score (nSPS) is 22.0. The molecule has 0 amide bonds. The number of rotatable bonds is 7. The third-order valence-corrected chi connectivity index (χ3v) is 3.93. The van der Waals surface area contributed by atoms with Gasteiger partial charge in [0.15, 0.2) is 5.75 Å². The van der Waals surface area contributed by atoms with Crippen LogP contribution in [0.2, 0.25) is 0 Å². The van der Waals surface area contributed by atoms with Gasteiger partial charge < -0.3 is 9.47 Å². The highest BCUT2D eigenvalue weighted by Gasteiger charge is 2.21. The van der Waals surface area contributed by atoms with Gasteiger partial charge in [0.05, 0.1) is 23.7 Å². The van der Waals surface area contributed by atoms with Crippen molar-refractivity contribution in [3.63, 3.8) is 0 Å². The molecular weight excluding hydrogens is 296 g/mol. The van der Waals surface area contributed by atoms with Crippen LogP contribution in [0.1, 0.15) is 32.3 Å². The number of ether oxygens (including phenoxy) is 2. The van der Waals surface area contributed by atoms with Crippen molar-refractivity contribution in [3.8, 4) is 5.75 Å².